The number of hydrogen-bond donors (Lipinski definition) is 2. The van der Waals surface area contributed by atoms with E-state index in [-0.39, 0.29) is 24.7 Å². The molecule has 2 atom stereocenters. The fraction of sp³-hybridized carbons (Fsp3) is 0.636. The summed E-state index contributed by atoms with van der Waals surface area (Å²) in [5.74, 6) is 0.246. The van der Waals surface area contributed by atoms with Crippen molar-refractivity contribution in [3.05, 3.63) is 35.4 Å². The molecule has 0 radical (unpaired) electrons. The zero-order chi connectivity index (χ0) is 20.3. The van der Waals surface area contributed by atoms with E-state index in [0.29, 0.717) is 24.9 Å². The van der Waals surface area contributed by atoms with Gasteiger partial charge in [0.05, 0.1) is 12.6 Å². The van der Waals surface area contributed by atoms with Gasteiger partial charge < -0.3 is 15.3 Å². The predicted octanol–water partition coefficient (Wildman–Crippen LogP) is 3.45. The Balaban J connectivity index is 1.57. The Morgan fingerprint density at radius 1 is 1.21 bits per heavy atom. The molecule has 0 saturated carbocycles. The molecule has 1 heterocycles. The number of urea groups is 1. The standard InChI is InChI=1S/C22H33N3O3/c1-4-24(14-21(26)27)16-9-11-25(12-10-16)22(28)23-20-13-19(15(2)3)17-7-5-6-8-18(17)20/h5-8,15-16,19-20H,4,9-14H2,1-3H3,(H,23,28)(H,26,27)/t19-,20-/m1/s1. The molecule has 3 rings (SSSR count). The summed E-state index contributed by atoms with van der Waals surface area (Å²) in [7, 11) is 0. The number of carboxylic acids is 1. The number of carboxylic acid groups (broad SMARTS) is 1. The van der Waals surface area contributed by atoms with Gasteiger partial charge >= 0.3 is 12.0 Å². The number of likely N-dealkylation sites (tertiary alicyclic amines) is 1. The van der Waals surface area contributed by atoms with Crippen LogP contribution in [0.4, 0.5) is 4.79 Å². The van der Waals surface area contributed by atoms with E-state index >= 15 is 0 Å². The van der Waals surface area contributed by atoms with Gasteiger partial charge in [0.25, 0.3) is 0 Å². The number of amides is 2. The number of hydrogen-bond acceptors (Lipinski definition) is 3. The summed E-state index contributed by atoms with van der Waals surface area (Å²) in [5, 5.41) is 12.3. The Labute approximate surface area is 167 Å². The van der Waals surface area contributed by atoms with Crippen LogP contribution in [0.15, 0.2) is 24.3 Å². The number of fused-ring (bicyclic) bond motifs is 1. The second-order valence-corrected chi connectivity index (χ2v) is 8.39. The van der Waals surface area contributed by atoms with Gasteiger partial charge in [-0.2, -0.15) is 0 Å². The van der Waals surface area contributed by atoms with E-state index in [0.717, 1.165) is 25.8 Å². The summed E-state index contributed by atoms with van der Waals surface area (Å²) in [5.41, 5.74) is 2.62. The monoisotopic (exact) mass is 387 g/mol. The molecule has 1 aromatic carbocycles. The Morgan fingerprint density at radius 3 is 2.43 bits per heavy atom. The van der Waals surface area contributed by atoms with Crippen LogP contribution in [0.2, 0.25) is 0 Å². The van der Waals surface area contributed by atoms with Gasteiger partial charge in [0.1, 0.15) is 0 Å². The first-order valence-corrected chi connectivity index (χ1v) is 10.5. The molecule has 2 N–H and O–H groups in total. The number of piperidine rings is 1. The number of carbonyl (C=O) groups is 2. The molecule has 0 spiro atoms. The van der Waals surface area contributed by atoms with Crippen LogP contribution < -0.4 is 5.32 Å². The molecule has 28 heavy (non-hydrogen) atoms. The van der Waals surface area contributed by atoms with Crippen molar-refractivity contribution in [1.29, 1.82) is 0 Å². The quantitative estimate of drug-likeness (QED) is 0.784. The molecule has 1 aliphatic carbocycles. The van der Waals surface area contributed by atoms with Crippen molar-refractivity contribution in [1.82, 2.24) is 15.1 Å². The van der Waals surface area contributed by atoms with E-state index in [1.54, 1.807) is 0 Å². The maximum atomic E-state index is 12.9. The van der Waals surface area contributed by atoms with Crippen LogP contribution in [0, 0.1) is 5.92 Å². The maximum Gasteiger partial charge on any atom is 0.317 e. The van der Waals surface area contributed by atoms with E-state index in [1.165, 1.54) is 11.1 Å². The van der Waals surface area contributed by atoms with E-state index in [9.17, 15) is 9.59 Å². The zero-order valence-electron chi connectivity index (χ0n) is 17.2. The summed E-state index contributed by atoms with van der Waals surface area (Å²) < 4.78 is 0. The highest BCUT2D eigenvalue weighted by atomic mass is 16.4. The van der Waals surface area contributed by atoms with Crippen LogP contribution in [0.1, 0.15) is 63.1 Å². The van der Waals surface area contributed by atoms with Crippen LogP contribution in [-0.2, 0) is 4.79 Å². The number of nitrogens with zero attached hydrogens (tertiary/aromatic N) is 2. The summed E-state index contributed by atoms with van der Waals surface area (Å²) in [6, 6.07) is 8.78. The predicted molar refractivity (Wildman–Crippen MR) is 109 cm³/mol. The molecule has 0 aromatic heterocycles. The van der Waals surface area contributed by atoms with E-state index in [2.05, 4.69) is 37.4 Å². The fourth-order valence-corrected chi connectivity index (χ4v) is 4.79. The second kappa shape index (κ2) is 8.95. The summed E-state index contributed by atoms with van der Waals surface area (Å²) in [6.07, 6.45) is 2.61. The molecule has 0 bridgehead atoms. The minimum atomic E-state index is -0.790. The highest BCUT2D eigenvalue weighted by molar-refractivity contribution is 5.75. The molecule has 2 aliphatic rings. The summed E-state index contributed by atoms with van der Waals surface area (Å²) >= 11 is 0. The number of rotatable bonds is 6. The first-order valence-electron chi connectivity index (χ1n) is 10.5. The van der Waals surface area contributed by atoms with Gasteiger partial charge in [0.15, 0.2) is 0 Å². The van der Waals surface area contributed by atoms with Gasteiger partial charge in [-0.25, -0.2) is 4.79 Å². The zero-order valence-corrected chi connectivity index (χ0v) is 17.2. The van der Waals surface area contributed by atoms with Crippen molar-refractivity contribution < 1.29 is 14.7 Å². The van der Waals surface area contributed by atoms with Gasteiger partial charge in [-0.3, -0.25) is 9.69 Å². The number of benzene rings is 1. The lowest BCUT2D eigenvalue weighted by atomic mass is 9.90. The van der Waals surface area contributed by atoms with Crippen LogP contribution in [-0.4, -0.2) is 59.1 Å². The van der Waals surface area contributed by atoms with E-state index < -0.39 is 5.97 Å². The minimum absolute atomic E-state index is 0.00365. The molecule has 1 aromatic rings. The fourth-order valence-electron chi connectivity index (χ4n) is 4.79. The highest BCUT2D eigenvalue weighted by Gasteiger charge is 2.35. The Morgan fingerprint density at radius 2 is 1.86 bits per heavy atom. The molecule has 6 nitrogen and oxygen atoms in total. The van der Waals surface area contributed by atoms with Crippen molar-refractivity contribution in [3.63, 3.8) is 0 Å². The molecular weight excluding hydrogens is 354 g/mol. The Bertz CT molecular complexity index is 698. The first-order chi connectivity index (χ1) is 13.4. The number of carbonyl (C=O) groups excluding carboxylic acids is 1. The lowest BCUT2D eigenvalue weighted by Crippen LogP contribution is -2.50. The van der Waals surface area contributed by atoms with Gasteiger partial charge in [0.2, 0.25) is 0 Å². The third kappa shape index (κ3) is 4.49. The number of likely N-dealkylation sites (N-methyl/N-ethyl adjacent to an activating group) is 1. The largest absolute Gasteiger partial charge is 0.480 e. The maximum absolute atomic E-state index is 12.9. The summed E-state index contributed by atoms with van der Waals surface area (Å²) in [4.78, 5) is 27.8. The van der Waals surface area contributed by atoms with Gasteiger partial charge in [-0.05, 0) is 48.8 Å². The van der Waals surface area contributed by atoms with Crippen LogP contribution in [0.25, 0.3) is 0 Å². The van der Waals surface area contributed by atoms with Gasteiger partial charge in [0, 0.05) is 19.1 Å². The SMILES string of the molecule is CCN(CC(=O)O)C1CCN(C(=O)N[C@@H]2C[C@H](C(C)C)c3ccccc32)CC1. The minimum Gasteiger partial charge on any atom is -0.480 e. The Hall–Kier alpha value is -2.08. The molecule has 1 saturated heterocycles. The van der Waals surface area contributed by atoms with Crippen molar-refractivity contribution in [2.75, 3.05) is 26.2 Å². The molecule has 6 heteroatoms. The Kier molecular flexibility index (Phi) is 6.60. The number of nitrogens with one attached hydrogen (secondary N) is 1. The van der Waals surface area contributed by atoms with Crippen LogP contribution in [0.3, 0.4) is 0 Å². The van der Waals surface area contributed by atoms with Gasteiger partial charge in [-0.1, -0.05) is 45.0 Å². The van der Waals surface area contributed by atoms with Gasteiger partial charge in [-0.15, -0.1) is 0 Å². The molecule has 1 aliphatic heterocycles. The van der Waals surface area contributed by atoms with Crippen molar-refractivity contribution in [2.24, 2.45) is 5.92 Å². The lowest BCUT2D eigenvalue weighted by molar-refractivity contribution is -0.139. The molecule has 2 amide bonds. The molecule has 0 unspecified atom stereocenters. The molecule has 1 fully saturated rings. The van der Waals surface area contributed by atoms with Crippen molar-refractivity contribution in [3.8, 4) is 0 Å². The van der Waals surface area contributed by atoms with E-state index in [4.69, 9.17) is 5.11 Å². The first kappa shape index (κ1) is 20.6. The highest BCUT2D eigenvalue weighted by Crippen LogP contribution is 2.44. The summed E-state index contributed by atoms with van der Waals surface area (Å²) in [6.45, 7) is 8.62. The van der Waals surface area contributed by atoms with Crippen molar-refractivity contribution >= 4 is 12.0 Å². The van der Waals surface area contributed by atoms with E-state index in [1.807, 2.05) is 22.8 Å². The lowest BCUT2D eigenvalue weighted by Gasteiger charge is -2.37. The average molecular weight is 388 g/mol. The third-order valence-electron chi connectivity index (χ3n) is 6.38. The van der Waals surface area contributed by atoms with Crippen molar-refractivity contribution in [2.45, 2.75) is 58.0 Å². The topological polar surface area (TPSA) is 72.9 Å². The van der Waals surface area contributed by atoms with Crippen LogP contribution >= 0.6 is 0 Å². The average Bonchev–Trinajstić information content (AvgIpc) is 3.05. The van der Waals surface area contributed by atoms with Crippen LogP contribution in [0.5, 0.6) is 0 Å². The third-order valence-corrected chi connectivity index (χ3v) is 6.38. The molecular formula is C22H33N3O3. The second-order valence-electron chi connectivity index (χ2n) is 8.39. The smallest absolute Gasteiger partial charge is 0.317 e. The normalized spacial score (nSPS) is 22.5. The number of aliphatic carboxylic acids is 1. The molecule has 154 valence electrons.